The van der Waals surface area contributed by atoms with E-state index in [9.17, 15) is 23.4 Å². The van der Waals surface area contributed by atoms with E-state index in [1.807, 2.05) is 4.72 Å². The van der Waals surface area contributed by atoms with Crippen LogP contribution in [0.15, 0.2) is 36.8 Å². The molecule has 1 aliphatic carbocycles. The predicted molar refractivity (Wildman–Crippen MR) is 141 cm³/mol. The molecule has 0 aliphatic heterocycles. The summed E-state index contributed by atoms with van der Waals surface area (Å²) in [6.45, 7) is 0. The molecule has 0 spiro atoms. The Balaban J connectivity index is 1.55. The van der Waals surface area contributed by atoms with Crippen LogP contribution in [0.5, 0.6) is 0 Å². The van der Waals surface area contributed by atoms with E-state index in [0.717, 1.165) is 11.3 Å². The second kappa shape index (κ2) is 11.5. The minimum atomic E-state index is -3.99. The minimum Gasteiger partial charge on any atom is -0.390 e. The number of thiophene rings is 1. The molecule has 0 unspecified atom stereocenters. The molecule has 0 radical (unpaired) electrons. The van der Waals surface area contributed by atoms with Gasteiger partial charge in [0.15, 0.2) is 0 Å². The average molecular weight is 608 g/mol. The second-order valence-electron chi connectivity index (χ2n) is 8.20. The van der Waals surface area contributed by atoms with E-state index in [4.69, 9.17) is 39.0 Å². The van der Waals surface area contributed by atoms with E-state index in [-0.39, 0.29) is 39.0 Å². The lowest BCUT2D eigenvalue weighted by molar-refractivity contribution is 0.0636. The molecule has 2 aromatic heterocycles. The van der Waals surface area contributed by atoms with Crippen molar-refractivity contribution in [2.75, 3.05) is 12.4 Å². The quantitative estimate of drug-likeness (QED) is 0.268. The van der Waals surface area contributed by atoms with Crippen molar-refractivity contribution in [3.63, 3.8) is 0 Å². The lowest BCUT2D eigenvalue weighted by Gasteiger charge is -2.15. The van der Waals surface area contributed by atoms with Gasteiger partial charge in [-0.3, -0.25) is 8.98 Å². The van der Waals surface area contributed by atoms with E-state index in [2.05, 4.69) is 15.3 Å². The number of aromatic nitrogens is 2. The number of halogens is 3. The van der Waals surface area contributed by atoms with Gasteiger partial charge in [-0.15, -0.1) is 11.3 Å². The van der Waals surface area contributed by atoms with E-state index in [0.29, 0.717) is 15.6 Å². The van der Waals surface area contributed by atoms with Crippen LogP contribution in [0.1, 0.15) is 45.3 Å². The second-order valence-corrected chi connectivity index (χ2v) is 12.2. The molecular weight excluding hydrogens is 587 g/mol. The van der Waals surface area contributed by atoms with E-state index >= 15 is 0 Å². The van der Waals surface area contributed by atoms with E-state index < -0.39 is 40.4 Å². The van der Waals surface area contributed by atoms with Crippen LogP contribution in [0.3, 0.4) is 0 Å². The highest BCUT2D eigenvalue weighted by Gasteiger charge is 2.37. The molecule has 0 amide bonds. The summed E-state index contributed by atoms with van der Waals surface area (Å²) in [4.78, 5) is 21.7. The number of aliphatic hydroxyl groups is 2. The molecule has 1 fully saturated rings. The average Bonchev–Trinajstić information content (AvgIpc) is 3.41. The van der Waals surface area contributed by atoms with E-state index in [1.165, 1.54) is 31.7 Å². The topological polar surface area (TPSA) is 151 Å². The molecule has 0 saturated heterocycles. The van der Waals surface area contributed by atoms with Crippen molar-refractivity contribution in [2.24, 2.45) is 0 Å². The molecule has 4 rings (SSSR count). The molecule has 4 N–H and O–H groups in total. The van der Waals surface area contributed by atoms with Gasteiger partial charge in [0.25, 0.3) is 0 Å². The maximum absolute atomic E-state index is 13.4. The monoisotopic (exact) mass is 606 g/mol. The van der Waals surface area contributed by atoms with Gasteiger partial charge in [-0.2, -0.15) is 13.1 Å². The van der Waals surface area contributed by atoms with Crippen molar-refractivity contribution in [2.45, 2.75) is 37.2 Å². The molecule has 2 heterocycles. The van der Waals surface area contributed by atoms with Crippen molar-refractivity contribution < 1.29 is 27.6 Å². The molecular formula is C22H21Cl3N4O6S2. The molecule has 15 heteroatoms. The van der Waals surface area contributed by atoms with Crippen molar-refractivity contribution in [1.29, 1.82) is 0 Å². The van der Waals surface area contributed by atoms with Crippen LogP contribution >= 0.6 is 46.1 Å². The maximum atomic E-state index is 13.4. The van der Waals surface area contributed by atoms with Gasteiger partial charge in [0.2, 0.25) is 5.78 Å². The molecule has 1 aliphatic rings. The number of rotatable bonds is 9. The third kappa shape index (κ3) is 6.41. The molecule has 198 valence electrons. The first kappa shape index (κ1) is 28.1. The number of carbonyl (C=O) groups is 1. The maximum Gasteiger partial charge on any atom is 0.335 e. The summed E-state index contributed by atoms with van der Waals surface area (Å²) in [5.41, 5.74) is 0.759. The van der Waals surface area contributed by atoms with Gasteiger partial charge >= 0.3 is 10.3 Å². The number of nitrogens with zero attached hydrogens (tertiary/aromatic N) is 2. The van der Waals surface area contributed by atoms with Gasteiger partial charge in [0.05, 0.1) is 20.9 Å². The summed E-state index contributed by atoms with van der Waals surface area (Å²) in [6.07, 6.45) is -0.312. The first-order valence-corrected chi connectivity index (χ1v) is 14.2. The van der Waals surface area contributed by atoms with Crippen LogP contribution in [0.4, 0.5) is 5.82 Å². The van der Waals surface area contributed by atoms with Gasteiger partial charge in [-0.1, -0.05) is 34.8 Å². The fourth-order valence-corrected chi connectivity index (χ4v) is 6.23. The van der Waals surface area contributed by atoms with Crippen LogP contribution in [-0.2, 0) is 14.5 Å². The highest BCUT2D eigenvalue weighted by molar-refractivity contribution is 7.84. The Bertz CT molecular complexity index is 1420. The first-order valence-electron chi connectivity index (χ1n) is 10.8. The van der Waals surface area contributed by atoms with Crippen molar-refractivity contribution in [3.05, 3.63) is 72.7 Å². The zero-order chi connectivity index (χ0) is 26.9. The van der Waals surface area contributed by atoms with Gasteiger partial charge in [-0.05, 0) is 37.1 Å². The molecule has 1 aromatic carbocycles. The minimum absolute atomic E-state index is 0.129. The number of hydrogen-bond donors (Lipinski definition) is 4. The largest absolute Gasteiger partial charge is 0.390 e. The first-order chi connectivity index (χ1) is 17.5. The summed E-state index contributed by atoms with van der Waals surface area (Å²) in [6, 6.07) is 5.71. The lowest BCUT2D eigenvalue weighted by Crippen LogP contribution is -2.31. The number of carbonyl (C=O) groups excluding carboxylic acids is 1. The number of anilines is 1. The van der Waals surface area contributed by atoms with Crippen molar-refractivity contribution in [1.82, 2.24) is 14.7 Å². The zero-order valence-corrected chi connectivity index (χ0v) is 23.0. The Labute approximate surface area is 231 Å². The Hall–Kier alpha value is -1.87. The zero-order valence-electron chi connectivity index (χ0n) is 19.1. The normalized spacial score (nSPS) is 20.6. The Morgan fingerprint density at radius 1 is 1.22 bits per heavy atom. The summed E-state index contributed by atoms with van der Waals surface area (Å²) < 4.78 is 30.6. The van der Waals surface area contributed by atoms with Crippen LogP contribution in [0.2, 0.25) is 14.4 Å². The van der Waals surface area contributed by atoms with Crippen LogP contribution in [0.25, 0.3) is 0 Å². The van der Waals surface area contributed by atoms with Crippen molar-refractivity contribution >= 4 is 68.0 Å². The highest BCUT2D eigenvalue weighted by atomic mass is 35.5. The number of nitrogens with one attached hydrogen (secondary N) is 2. The molecule has 4 atom stereocenters. The summed E-state index contributed by atoms with van der Waals surface area (Å²) in [7, 11) is -2.78. The highest BCUT2D eigenvalue weighted by Crippen LogP contribution is 2.39. The third-order valence-electron chi connectivity index (χ3n) is 5.75. The number of ketones is 1. The molecule has 10 nitrogen and oxygen atoms in total. The van der Waals surface area contributed by atoms with Crippen LogP contribution < -0.4 is 10.0 Å². The fraction of sp³-hybridized carbons (Fsp3) is 0.318. The van der Waals surface area contributed by atoms with Crippen LogP contribution in [-0.4, -0.2) is 59.7 Å². The number of aliphatic hydroxyl groups excluding tert-OH is 2. The Morgan fingerprint density at radius 2 is 1.97 bits per heavy atom. The molecule has 1 saturated carbocycles. The lowest BCUT2D eigenvalue weighted by atomic mass is 10.0. The van der Waals surface area contributed by atoms with Gasteiger partial charge in [0.1, 0.15) is 24.4 Å². The molecule has 3 aromatic rings. The smallest absolute Gasteiger partial charge is 0.335 e. The fourth-order valence-electron chi connectivity index (χ4n) is 3.92. The van der Waals surface area contributed by atoms with E-state index in [1.54, 1.807) is 12.1 Å². The Kier molecular flexibility index (Phi) is 8.73. The van der Waals surface area contributed by atoms with Gasteiger partial charge in [-0.25, -0.2) is 9.97 Å². The summed E-state index contributed by atoms with van der Waals surface area (Å²) >= 11 is 19.6. The number of hydrogen-bond acceptors (Lipinski definition) is 10. The van der Waals surface area contributed by atoms with Gasteiger partial charge < -0.3 is 15.5 Å². The summed E-state index contributed by atoms with van der Waals surface area (Å²) in [5, 5.41) is 24.9. The van der Waals surface area contributed by atoms with Crippen molar-refractivity contribution in [3.8, 4) is 0 Å². The standard InChI is InChI=1S/C22H21Cl3N4O6S2/c1-26-37(33,34)35-17-6-11(5-16(17)30)29-22-14(8-27-9-28-22)20(32)18-7-13(21(25)36-18)19(31)12-4-10(23)2-3-15(12)24/h2-4,7-9,11,16-17,19,26,30-31H,5-6H2,1H3,(H,27,28,29)/t11-,16+,17-,19-/m1/s1. The summed E-state index contributed by atoms with van der Waals surface area (Å²) in [5.74, 6) is -0.256. The third-order valence-corrected chi connectivity index (χ3v) is 8.72. The van der Waals surface area contributed by atoms with Gasteiger partial charge in [0, 0.05) is 40.5 Å². The molecule has 0 bridgehead atoms. The number of benzene rings is 1. The molecule has 37 heavy (non-hydrogen) atoms. The van der Waals surface area contributed by atoms with Crippen LogP contribution in [0, 0.1) is 0 Å². The Morgan fingerprint density at radius 3 is 2.70 bits per heavy atom. The predicted octanol–water partition coefficient (Wildman–Crippen LogP) is 3.60. The SMILES string of the molecule is CNS(=O)(=O)O[C@@H]1C[C@H](Nc2ncncc2C(=O)c2cc([C@H](O)c3cc(Cl)ccc3Cl)c(Cl)s2)C[C@@H]1O.